The van der Waals surface area contributed by atoms with Crippen LogP contribution in [0.1, 0.15) is 57.1 Å². The van der Waals surface area contributed by atoms with Gasteiger partial charge in [0.2, 0.25) is 0 Å². The molecule has 0 bridgehead atoms. The second kappa shape index (κ2) is 9.60. The molecule has 0 amide bonds. The maximum Gasteiger partial charge on any atom is 0.0343 e. The Labute approximate surface area is 138 Å². The molecule has 1 saturated heterocycles. The minimum Gasteiger partial charge on any atom is -0.310 e. The maximum atomic E-state index is 3.70. The Kier molecular flexibility index (Phi) is 7.76. The first-order valence-electron chi connectivity index (χ1n) is 8.51. The molecule has 2 nitrogen and oxygen atoms in total. The van der Waals surface area contributed by atoms with Crippen molar-refractivity contribution in [1.29, 1.82) is 0 Å². The molecule has 1 atom stereocenters. The van der Waals surface area contributed by atoms with E-state index in [0.29, 0.717) is 6.04 Å². The van der Waals surface area contributed by atoms with E-state index in [2.05, 4.69) is 57.3 Å². The standard InChI is InChI=1S/C18H29BrN2/c1-2-20-18(16-10-6-7-11-17(16)19)12-15-21-13-8-4-3-5-9-14-21/h6-7,10-11,18,20H,2-5,8-9,12-15H2,1H3. The lowest BCUT2D eigenvalue weighted by Gasteiger charge is -2.27. The molecular weight excluding hydrogens is 324 g/mol. The fraction of sp³-hybridized carbons (Fsp3) is 0.667. The van der Waals surface area contributed by atoms with E-state index in [1.165, 1.54) is 68.2 Å². The number of nitrogens with one attached hydrogen (secondary N) is 1. The number of hydrogen-bond acceptors (Lipinski definition) is 2. The summed E-state index contributed by atoms with van der Waals surface area (Å²) in [6.07, 6.45) is 8.21. The normalized spacial score (nSPS) is 19.0. The van der Waals surface area contributed by atoms with Gasteiger partial charge in [-0.15, -0.1) is 0 Å². The highest BCUT2D eigenvalue weighted by Crippen LogP contribution is 2.26. The molecule has 0 saturated carbocycles. The molecule has 1 N–H and O–H groups in total. The van der Waals surface area contributed by atoms with Gasteiger partial charge in [-0.25, -0.2) is 0 Å². The largest absolute Gasteiger partial charge is 0.310 e. The second-order valence-electron chi connectivity index (χ2n) is 6.03. The monoisotopic (exact) mass is 352 g/mol. The van der Waals surface area contributed by atoms with Crippen molar-refractivity contribution in [2.75, 3.05) is 26.2 Å². The summed E-state index contributed by atoms with van der Waals surface area (Å²) in [5.74, 6) is 0. The first-order valence-corrected chi connectivity index (χ1v) is 9.30. The van der Waals surface area contributed by atoms with Crippen molar-refractivity contribution in [2.45, 2.75) is 51.5 Å². The average molecular weight is 353 g/mol. The van der Waals surface area contributed by atoms with Gasteiger partial charge in [0.15, 0.2) is 0 Å². The molecule has 1 aliphatic heterocycles. The van der Waals surface area contributed by atoms with E-state index >= 15 is 0 Å². The summed E-state index contributed by atoms with van der Waals surface area (Å²) in [6, 6.07) is 9.08. The van der Waals surface area contributed by atoms with E-state index in [4.69, 9.17) is 0 Å². The molecule has 118 valence electrons. The van der Waals surface area contributed by atoms with Crippen molar-refractivity contribution in [1.82, 2.24) is 10.2 Å². The highest BCUT2D eigenvalue weighted by molar-refractivity contribution is 9.10. The van der Waals surface area contributed by atoms with Gasteiger partial charge >= 0.3 is 0 Å². The minimum absolute atomic E-state index is 0.455. The van der Waals surface area contributed by atoms with Crippen LogP contribution in [0.5, 0.6) is 0 Å². The number of nitrogens with zero attached hydrogens (tertiary/aromatic N) is 1. The predicted octanol–water partition coefficient (Wildman–Crippen LogP) is 4.76. The molecule has 0 spiro atoms. The van der Waals surface area contributed by atoms with E-state index in [1.807, 2.05) is 0 Å². The van der Waals surface area contributed by atoms with Gasteiger partial charge in [0.05, 0.1) is 0 Å². The topological polar surface area (TPSA) is 15.3 Å². The van der Waals surface area contributed by atoms with Crippen molar-refractivity contribution < 1.29 is 0 Å². The molecule has 0 aromatic heterocycles. The minimum atomic E-state index is 0.455. The molecule has 0 radical (unpaired) electrons. The van der Waals surface area contributed by atoms with Crippen LogP contribution in [0.4, 0.5) is 0 Å². The summed E-state index contributed by atoms with van der Waals surface area (Å²) in [7, 11) is 0. The smallest absolute Gasteiger partial charge is 0.0343 e. The zero-order chi connectivity index (χ0) is 14.9. The molecule has 3 heteroatoms. The first-order chi connectivity index (χ1) is 10.3. The van der Waals surface area contributed by atoms with Crippen molar-refractivity contribution in [2.24, 2.45) is 0 Å². The average Bonchev–Trinajstić information content (AvgIpc) is 2.45. The first kappa shape index (κ1) is 17.0. The van der Waals surface area contributed by atoms with E-state index in [1.54, 1.807) is 0 Å². The Morgan fingerprint density at radius 3 is 2.43 bits per heavy atom. The summed E-state index contributed by atoms with van der Waals surface area (Å²) in [6.45, 7) is 6.99. The van der Waals surface area contributed by atoms with Gasteiger partial charge in [-0.3, -0.25) is 0 Å². The molecule has 1 heterocycles. The number of hydrogen-bond donors (Lipinski definition) is 1. The Hall–Kier alpha value is -0.380. The second-order valence-corrected chi connectivity index (χ2v) is 6.88. The maximum absolute atomic E-state index is 3.70. The fourth-order valence-corrected chi connectivity index (χ4v) is 3.78. The zero-order valence-electron chi connectivity index (χ0n) is 13.3. The Bertz CT molecular complexity index is 400. The number of halogens is 1. The summed E-state index contributed by atoms with van der Waals surface area (Å²) in [4.78, 5) is 2.67. The Balaban J connectivity index is 1.91. The van der Waals surface area contributed by atoms with Gasteiger partial charge in [-0.1, -0.05) is 60.3 Å². The van der Waals surface area contributed by atoms with Crippen molar-refractivity contribution >= 4 is 15.9 Å². The van der Waals surface area contributed by atoms with Crippen LogP contribution in [-0.4, -0.2) is 31.1 Å². The quantitative estimate of drug-likeness (QED) is 0.794. The van der Waals surface area contributed by atoms with Gasteiger partial charge in [0.1, 0.15) is 0 Å². The highest BCUT2D eigenvalue weighted by Gasteiger charge is 2.15. The Morgan fingerprint density at radius 2 is 1.76 bits per heavy atom. The molecule has 1 aromatic rings. The molecule has 1 aromatic carbocycles. The predicted molar refractivity (Wildman–Crippen MR) is 94.7 cm³/mol. The third kappa shape index (κ3) is 5.72. The molecule has 2 rings (SSSR count). The molecule has 1 unspecified atom stereocenters. The van der Waals surface area contributed by atoms with Crippen molar-refractivity contribution in [3.8, 4) is 0 Å². The van der Waals surface area contributed by atoms with Gasteiger partial charge < -0.3 is 10.2 Å². The van der Waals surface area contributed by atoms with E-state index < -0.39 is 0 Å². The highest BCUT2D eigenvalue weighted by atomic mass is 79.9. The zero-order valence-corrected chi connectivity index (χ0v) is 14.9. The van der Waals surface area contributed by atoms with Crippen LogP contribution in [0.15, 0.2) is 28.7 Å². The lowest BCUT2D eigenvalue weighted by Crippen LogP contribution is -2.32. The fourth-order valence-electron chi connectivity index (χ4n) is 3.22. The van der Waals surface area contributed by atoms with E-state index in [-0.39, 0.29) is 0 Å². The van der Waals surface area contributed by atoms with Crippen LogP contribution in [0.25, 0.3) is 0 Å². The summed E-state index contributed by atoms with van der Waals surface area (Å²) >= 11 is 3.70. The third-order valence-corrected chi connectivity index (χ3v) is 5.14. The van der Waals surface area contributed by atoms with Crippen LogP contribution < -0.4 is 5.32 Å². The van der Waals surface area contributed by atoms with Gasteiger partial charge in [0, 0.05) is 10.5 Å². The number of benzene rings is 1. The lowest BCUT2D eigenvalue weighted by molar-refractivity contribution is 0.234. The lowest BCUT2D eigenvalue weighted by atomic mass is 10.0. The van der Waals surface area contributed by atoms with Crippen molar-refractivity contribution in [3.05, 3.63) is 34.3 Å². The van der Waals surface area contributed by atoms with E-state index in [0.717, 1.165) is 6.54 Å². The van der Waals surface area contributed by atoms with Crippen LogP contribution in [0.2, 0.25) is 0 Å². The van der Waals surface area contributed by atoms with Crippen LogP contribution in [0, 0.1) is 0 Å². The van der Waals surface area contributed by atoms with Crippen LogP contribution >= 0.6 is 15.9 Å². The molecule has 0 aliphatic carbocycles. The number of rotatable bonds is 6. The molecule has 21 heavy (non-hydrogen) atoms. The molecule has 1 aliphatic rings. The Morgan fingerprint density at radius 1 is 1.10 bits per heavy atom. The summed E-state index contributed by atoms with van der Waals surface area (Å²) in [5, 5.41) is 3.65. The summed E-state index contributed by atoms with van der Waals surface area (Å²) < 4.78 is 1.23. The molecular formula is C18H29BrN2. The van der Waals surface area contributed by atoms with E-state index in [9.17, 15) is 0 Å². The van der Waals surface area contributed by atoms with Crippen LogP contribution in [0.3, 0.4) is 0 Å². The summed E-state index contributed by atoms with van der Waals surface area (Å²) in [5.41, 5.74) is 1.39. The van der Waals surface area contributed by atoms with Gasteiger partial charge in [-0.2, -0.15) is 0 Å². The number of likely N-dealkylation sites (tertiary alicyclic amines) is 1. The van der Waals surface area contributed by atoms with Gasteiger partial charge in [-0.05, 0) is 57.1 Å². The molecule has 1 fully saturated rings. The van der Waals surface area contributed by atoms with Crippen LogP contribution in [-0.2, 0) is 0 Å². The third-order valence-electron chi connectivity index (χ3n) is 4.41. The van der Waals surface area contributed by atoms with Crippen molar-refractivity contribution in [3.63, 3.8) is 0 Å². The SMILES string of the molecule is CCNC(CCN1CCCCCCC1)c1ccccc1Br. The van der Waals surface area contributed by atoms with Gasteiger partial charge in [0.25, 0.3) is 0 Å².